The van der Waals surface area contributed by atoms with Crippen molar-refractivity contribution < 1.29 is 13.2 Å². The van der Waals surface area contributed by atoms with Crippen LogP contribution in [0.15, 0.2) is 71.8 Å². The van der Waals surface area contributed by atoms with Crippen LogP contribution in [0.4, 0.5) is 5.13 Å². The van der Waals surface area contributed by atoms with Crippen LogP contribution in [0, 0.1) is 0 Å². The smallest absolute Gasteiger partial charge is 0.260 e. The van der Waals surface area contributed by atoms with Crippen LogP contribution < -0.4 is 4.90 Å². The molecule has 4 aromatic rings. The zero-order chi connectivity index (χ0) is 23.6. The number of benzene rings is 2. The highest BCUT2D eigenvalue weighted by atomic mass is 32.2. The van der Waals surface area contributed by atoms with Crippen LogP contribution in [0.3, 0.4) is 0 Å². The highest BCUT2D eigenvalue weighted by Gasteiger charge is 2.24. The summed E-state index contributed by atoms with van der Waals surface area (Å²) < 4.78 is 26.9. The molecular formula is C24H24N4O3S2. The number of amides is 1. The van der Waals surface area contributed by atoms with Gasteiger partial charge < -0.3 is 0 Å². The van der Waals surface area contributed by atoms with Gasteiger partial charge in [0.2, 0.25) is 10.0 Å². The van der Waals surface area contributed by atoms with Gasteiger partial charge >= 0.3 is 0 Å². The van der Waals surface area contributed by atoms with Crippen LogP contribution in [0.5, 0.6) is 0 Å². The fourth-order valence-electron chi connectivity index (χ4n) is 3.31. The van der Waals surface area contributed by atoms with Crippen molar-refractivity contribution in [1.82, 2.24) is 14.3 Å². The van der Waals surface area contributed by atoms with Crippen LogP contribution in [0.1, 0.15) is 28.5 Å². The van der Waals surface area contributed by atoms with Gasteiger partial charge in [0.05, 0.1) is 27.4 Å². The van der Waals surface area contributed by atoms with Crippen LogP contribution in [-0.2, 0) is 23.0 Å². The third-order valence-corrected chi connectivity index (χ3v) is 8.12. The standard InChI is InChI=1S/C24H24N4O3S2/c1-4-17-8-13-21-22(15-17)32-24(26-21)28(16-19-7-5-6-14-25-19)23(29)18-9-11-20(12-10-18)33(30,31)27(2)3/h5-15H,4,16H2,1-3H3. The van der Waals surface area contributed by atoms with E-state index in [2.05, 4.69) is 18.0 Å². The van der Waals surface area contributed by atoms with Gasteiger partial charge in [0, 0.05) is 25.9 Å². The maximum absolute atomic E-state index is 13.5. The Balaban J connectivity index is 1.72. The second kappa shape index (κ2) is 9.38. The Morgan fingerprint density at radius 1 is 1.03 bits per heavy atom. The molecule has 9 heteroatoms. The summed E-state index contributed by atoms with van der Waals surface area (Å²) in [5, 5.41) is 0.568. The lowest BCUT2D eigenvalue weighted by atomic mass is 10.2. The number of carbonyl (C=O) groups is 1. The van der Waals surface area contributed by atoms with E-state index in [-0.39, 0.29) is 17.3 Å². The fourth-order valence-corrected chi connectivity index (χ4v) is 5.24. The first kappa shape index (κ1) is 23.0. The lowest BCUT2D eigenvalue weighted by Gasteiger charge is -2.20. The monoisotopic (exact) mass is 480 g/mol. The summed E-state index contributed by atoms with van der Waals surface area (Å²) in [6.07, 6.45) is 2.60. The molecule has 2 heterocycles. The first-order chi connectivity index (χ1) is 15.8. The van der Waals surface area contributed by atoms with E-state index < -0.39 is 10.0 Å². The van der Waals surface area contributed by atoms with Crippen molar-refractivity contribution >= 4 is 42.6 Å². The van der Waals surface area contributed by atoms with Crippen LogP contribution >= 0.6 is 11.3 Å². The third-order valence-electron chi connectivity index (χ3n) is 5.25. The molecule has 0 aliphatic heterocycles. The van der Waals surface area contributed by atoms with Crippen LogP contribution in [-0.4, -0.2) is 42.7 Å². The molecule has 0 saturated heterocycles. The molecule has 2 aromatic heterocycles. The van der Waals surface area contributed by atoms with Crippen molar-refractivity contribution in [2.75, 3.05) is 19.0 Å². The molecule has 0 fully saturated rings. The molecule has 4 rings (SSSR count). The number of sulfonamides is 1. The Morgan fingerprint density at radius 3 is 2.42 bits per heavy atom. The molecule has 0 saturated carbocycles. The molecule has 0 aliphatic rings. The van der Waals surface area contributed by atoms with E-state index in [1.54, 1.807) is 11.1 Å². The van der Waals surface area contributed by atoms with Gasteiger partial charge in [-0.15, -0.1) is 0 Å². The summed E-state index contributed by atoms with van der Waals surface area (Å²) in [5.41, 5.74) is 3.14. The lowest BCUT2D eigenvalue weighted by Crippen LogP contribution is -2.30. The number of carbonyl (C=O) groups excluding carboxylic acids is 1. The molecule has 0 radical (unpaired) electrons. The highest BCUT2D eigenvalue weighted by Crippen LogP contribution is 2.31. The summed E-state index contributed by atoms with van der Waals surface area (Å²) >= 11 is 1.45. The van der Waals surface area contributed by atoms with E-state index in [4.69, 9.17) is 4.98 Å². The van der Waals surface area contributed by atoms with Gasteiger partial charge in [0.1, 0.15) is 0 Å². The number of aromatic nitrogens is 2. The van der Waals surface area contributed by atoms with Crippen molar-refractivity contribution in [1.29, 1.82) is 0 Å². The number of pyridine rings is 1. The Bertz CT molecular complexity index is 1380. The second-order valence-electron chi connectivity index (χ2n) is 7.68. The second-order valence-corrected chi connectivity index (χ2v) is 10.8. The maximum Gasteiger partial charge on any atom is 0.260 e. The average molecular weight is 481 g/mol. The van der Waals surface area contributed by atoms with Crippen molar-refractivity contribution in [3.63, 3.8) is 0 Å². The number of thiazole rings is 1. The molecule has 0 atom stereocenters. The van der Waals surface area contributed by atoms with Crippen LogP contribution in [0.2, 0.25) is 0 Å². The Labute approximate surface area is 197 Å². The highest BCUT2D eigenvalue weighted by molar-refractivity contribution is 7.89. The molecule has 0 aliphatic carbocycles. The quantitative estimate of drug-likeness (QED) is 0.393. The third kappa shape index (κ3) is 4.80. The number of hydrogen-bond acceptors (Lipinski definition) is 6. The predicted molar refractivity (Wildman–Crippen MR) is 131 cm³/mol. The summed E-state index contributed by atoms with van der Waals surface area (Å²) in [7, 11) is -0.632. The number of rotatable bonds is 7. The van der Waals surface area contributed by atoms with Gasteiger partial charge in [-0.1, -0.05) is 30.4 Å². The molecule has 0 bridgehead atoms. The van der Waals surface area contributed by atoms with Gasteiger partial charge in [-0.25, -0.2) is 17.7 Å². The van der Waals surface area contributed by atoms with E-state index in [9.17, 15) is 13.2 Å². The van der Waals surface area contributed by atoms with Crippen LogP contribution in [0.25, 0.3) is 10.2 Å². The van der Waals surface area contributed by atoms with Crippen molar-refractivity contribution in [2.24, 2.45) is 0 Å². The minimum atomic E-state index is -3.58. The number of aryl methyl sites for hydroxylation is 1. The number of fused-ring (bicyclic) bond motifs is 1. The SMILES string of the molecule is CCc1ccc2nc(N(Cc3ccccn3)C(=O)c3ccc(S(=O)(=O)N(C)C)cc3)sc2c1. The van der Waals surface area contributed by atoms with Gasteiger partial charge in [0.15, 0.2) is 5.13 Å². The van der Waals surface area contributed by atoms with E-state index >= 15 is 0 Å². The first-order valence-corrected chi connectivity index (χ1v) is 12.7. The van der Waals surface area contributed by atoms with Crippen molar-refractivity contribution in [2.45, 2.75) is 24.8 Å². The van der Waals surface area contributed by atoms with Gasteiger partial charge in [0.25, 0.3) is 5.91 Å². The zero-order valence-corrected chi connectivity index (χ0v) is 20.2. The van der Waals surface area contributed by atoms with E-state index in [1.807, 2.05) is 30.3 Å². The summed E-state index contributed by atoms with van der Waals surface area (Å²) in [6.45, 7) is 2.35. The molecule has 170 valence electrons. The molecule has 2 aromatic carbocycles. The molecule has 7 nitrogen and oxygen atoms in total. The van der Waals surface area contributed by atoms with Gasteiger partial charge in [-0.2, -0.15) is 0 Å². The van der Waals surface area contributed by atoms with E-state index in [1.165, 1.54) is 55.3 Å². The number of hydrogen-bond donors (Lipinski definition) is 0. The van der Waals surface area contributed by atoms with E-state index in [0.29, 0.717) is 10.7 Å². The maximum atomic E-state index is 13.5. The normalized spacial score (nSPS) is 11.8. The van der Waals surface area contributed by atoms with Gasteiger partial charge in [-0.05, 0) is 60.5 Å². The molecule has 0 unspecified atom stereocenters. The minimum Gasteiger partial charge on any atom is -0.278 e. The average Bonchev–Trinajstić information content (AvgIpc) is 3.25. The van der Waals surface area contributed by atoms with Crippen molar-refractivity contribution in [3.05, 3.63) is 83.7 Å². The molecule has 0 N–H and O–H groups in total. The molecule has 0 spiro atoms. The van der Waals surface area contributed by atoms with Gasteiger partial charge in [-0.3, -0.25) is 14.7 Å². The topological polar surface area (TPSA) is 83.5 Å². The Hall–Kier alpha value is -3.14. The Morgan fingerprint density at radius 2 is 1.79 bits per heavy atom. The molecular weight excluding hydrogens is 456 g/mol. The molecule has 1 amide bonds. The Kier molecular flexibility index (Phi) is 6.55. The summed E-state index contributed by atoms with van der Waals surface area (Å²) in [4.78, 5) is 24.3. The summed E-state index contributed by atoms with van der Waals surface area (Å²) in [5.74, 6) is -0.274. The largest absolute Gasteiger partial charge is 0.278 e. The summed E-state index contributed by atoms with van der Waals surface area (Å²) in [6, 6.07) is 17.6. The lowest BCUT2D eigenvalue weighted by molar-refractivity contribution is 0.0984. The predicted octanol–water partition coefficient (Wildman–Crippen LogP) is 4.35. The number of nitrogens with zero attached hydrogens (tertiary/aromatic N) is 4. The minimum absolute atomic E-state index is 0.132. The fraction of sp³-hybridized carbons (Fsp3) is 0.208. The van der Waals surface area contributed by atoms with E-state index in [0.717, 1.165) is 26.6 Å². The first-order valence-electron chi connectivity index (χ1n) is 10.4. The molecule has 33 heavy (non-hydrogen) atoms. The zero-order valence-electron chi connectivity index (χ0n) is 18.6. The van der Waals surface area contributed by atoms with Crippen molar-refractivity contribution in [3.8, 4) is 0 Å². The number of anilines is 1.